The van der Waals surface area contributed by atoms with Crippen LogP contribution in [0.5, 0.6) is 5.75 Å². The largest absolute Gasteiger partial charge is 0.496 e. The number of carbonyl (C=O) groups is 1. The molecule has 5 heteroatoms. The zero-order valence-electron chi connectivity index (χ0n) is 19.8. The number of hydrogen-bond acceptors (Lipinski definition) is 5. The number of carbonyl (C=O) groups excluding carboxylic acids is 1. The molecule has 2 aromatic carbocycles. The topological polar surface area (TPSA) is 42.0 Å². The van der Waals surface area contributed by atoms with Gasteiger partial charge < -0.3 is 14.4 Å². The van der Waals surface area contributed by atoms with Crippen LogP contribution in [0.15, 0.2) is 42.5 Å². The Morgan fingerprint density at radius 2 is 1.75 bits per heavy atom. The second-order valence-electron chi connectivity index (χ2n) is 9.55. The Morgan fingerprint density at radius 3 is 2.38 bits per heavy atom. The van der Waals surface area contributed by atoms with Crippen LogP contribution in [-0.2, 0) is 22.5 Å². The van der Waals surface area contributed by atoms with Gasteiger partial charge in [-0.1, -0.05) is 36.2 Å². The number of methoxy groups -OCH3 is 1. The molecule has 2 aromatic rings. The predicted molar refractivity (Wildman–Crippen MR) is 128 cm³/mol. The first-order chi connectivity index (χ1) is 15.4. The van der Waals surface area contributed by atoms with Crippen LogP contribution in [0.1, 0.15) is 48.8 Å². The van der Waals surface area contributed by atoms with Gasteiger partial charge in [0.05, 0.1) is 13.5 Å². The molecule has 4 rings (SSSR count). The Bertz CT molecular complexity index is 911. The summed E-state index contributed by atoms with van der Waals surface area (Å²) in [5.74, 6) is 0.601. The van der Waals surface area contributed by atoms with Gasteiger partial charge in [-0.05, 0) is 43.5 Å². The van der Waals surface area contributed by atoms with Crippen molar-refractivity contribution >= 4 is 11.7 Å². The predicted octanol–water partition coefficient (Wildman–Crippen LogP) is 4.74. The lowest BCUT2D eigenvalue weighted by Gasteiger charge is -2.48. The molecule has 0 N–H and O–H groups in total. The average Bonchev–Trinajstić information content (AvgIpc) is 2.75. The number of anilines is 1. The lowest BCUT2D eigenvalue weighted by atomic mass is 9.82. The van der Waals surface area contributed by atoms with E-state index in [9.17, 15) is 4.79 Å². The van der Waals surface area contributed by atoms with E-state index in [1.165, 1.54) is 30.5 Å². The van der Waals surface area contributed by atoms with Gasteiger partial charge in [0.1, 0.15) is 11.9 Å². The van der Waals surface area contributed by atoms with Gasteiger partial charge in [0.2, 0.25) is 0 Å². The Balaban J connectivity index is 1.37. The average molecular weight is 437 g/mol. The van der Waals surface area contributed by atoms with E-state index in [4.69, 9.17) is 9.47 Å². The van der Waals surface area contributed by atoms with Crippen LogP contribution in [0.25, 0.3) is 0 Å². The van der Waals surface area contributed by atoms with E-state index in [-0.39, 0.29) is 18.5 Å². The van der Waals surface area contributed by atoms with Crippen molar-refractivity contribution in [3.05, 3.63) is 59.2 Å². The van der Waals surface area contributed by atoms with Crippen LogP contribution in [0, 0.1) is 6.92 Å². The summed E-state index contributed by atoms with van der Waals surface area (Å²) >= 11 is 0. The third-order valence-corrected chi connectivity index (χ3v) is 6.97. The van der Waals surface area contributed by atoms with E-state index in [0.717, 1.165) is 36.3 Å². The summed E-state index contributed by atoms with van der Waals surface area (Å²) in [5.41, 5.74) is 4.60. The zero-order valence-corrected chi connectivity index (χ0v) is 19.8. The lowest BCUT2D eigenvalue weighted by Crippen LogP contribution is -2.53. The summed E-state index contributed by atoms with van der Waals surface area (Å²) in [6.07, 6.45) is 5.79. The normalized spacial score (nSPS) is 22.9. The third kappa shape index (κ3) is 5.26. The van der Waals surface area contributed by atoms with Gasteiger partial charge in [0.25, 0.3) is 0 Å². The maximum absolute atomic E-state index is 12.7. The zero-order chi connectivity index (χ0) is 22.7. The lowest BCUT2D eigenvalue weighted by molar-refractivity contribution is -0.154. The Kier molecular flexibility index (Phi) is 7.04. The second-order valence-corrected chi connectivity index (χ2v) is 9.55. The molecule has 2 aliphatic heterocycles. The second kappa shape index (κ2) is 9.95. The molecule has 2 saturated heterocycles. The van der Waals surface area contributed by atoms with E-state index in [2.05, 4.69) is 48.2 Å². The van der Waals surface area contributed by atoms with Crippen LogP contribution in [0.2, 0.25) is 0 Å². The molecule has 2 unspecified atom stereocenters. The third-order valence-electron chi connectivity index (χ3n) is 6.97. The molecule has 0 amide bonds. The highest BCUT2D eigenvalue weighted by Gasteiger charge is 2.39. The van der Waals surface area contributed by atoms with Gasteiger partial charge in [0, 0.05) is 56.8 Å². The van der Waals surface area contributed by atoms with Crippen molar-refractivity contribution in [1.82, 2.24) is 4.90 Å². The number of ether oxygens (including phenoxy) is 2. The molecular weight excluding hydrogens is 400 g/mol. The smallest absolute Gasteiger partial charge is 0.310 e. The standard InChI is InChI=1S/C27H36N2O3/c1-19-8-13-26(31-4)21(14-19)15-27(30)32-25-16-23-6-5-7-24(17-25)29(23)18-20-9-11-22(12-10-20)28(2)3/h8-14,23-25H,5-7,15-18H2,1-4H3. The maximum atomic E-state index is 12.7. The molecule has 2 fully saturated rings. The highest BCUT2D eigenvalue weighted by molar-refractivity contribution is 5.74. The first-order valence-corrected chi connectivity index (χ1v) is 11.8. The van der Waals surface area contributed by atoms with E-state index in [0.29, 0.717) is 12.1 Å². The summed E-state index contributed by atoms with van der Waals surface area (Å²) in [4.78, 5) is 17.5. The highest BCUT2D eigenvalue weighted by atomic mass is 16.5. The molecular formula is C27H36N2O3. The van der Waals surface area contributed by atoms with Crippen molar-refractivity contribution in [2.45, 2.75) is 70.2 Å². The van der Waals surface area contributed by atoms with Gasteiger partial charge in [-0.3, -0.25) is 9.69 Å². The van der Waals surface area contributed by atoms with Crippen LogP contribution in [0.3, 0.4) is 0 Å². The van der Waals surface area contributed by atoms with Crippen LogP contribution in [-0.4, -0.2) is 50.3 Å². The van der Waals surface area contributed by atoms with Crippen molar-refractivity contribution in [3.8, 4) is 5.75 Å². The number of rotatable bonds is 7. The monoisotopic (exact) mass is 436 g/mol. The van der Waals surface area contributed by atoms with E-state index >= 15 is 0 Å². The van der Waals surface area contributed by atoms with E-state index < -0.39 is 0 Å². The quantitative estimate of drug-likeness (QED) is 0.587. The molecule has 2 aliphatic rings. The SMILES string of the molecule is COc1ccc(C)cc1CC(=O)OC1CC2CCCC(C1)N2Cc1ccc(N(C)C)cc1. The number of nitrogens with zero attached hydrogens (tertiary/aromatic N) is 2. The maximum Gasteiger partial charge on any atom is 0.310 e. The van der Waals surface area contributed by atoms with Crippen molar-refractivity contribution < 1.29 is 14.3 Å². The number of aryl methyl sites for hydroxylation is 1. The molecule has 0 saturated carbocycles. The van der Waals surface area contributed by atoms with Gasteiger partial charge in [-0.2, -0.15) is 0 Å². The number of hydrogen-bond donors (Lipinski definition) is 0. The molecule has 0 radical (unpaired) electrons. The molecule has 2 bridgehead atoms. The fourth-order valence-electron chi connectivity index (χ4n) is 5.32. The van der Waals surface area contributed by atoms with Crippen LogP contribution >= 0.6 is 0 Å². The Morgan fingerprint density at radius 1 is 1.06 bits per heavy atom. The van der Waals surface area contributed by atoms with Crippen LogP contribution < -0.4 is 9.64 Å². The minimum atomic E-state index is -0.148. The van der Waals surface area contributed by atoms with Gasteiger partial charge in [0.15, 0.2) is 0 Å². The molecule has 0 spiro atoms. The minimum Gasteiger partial charge on any atom is -0.496 e. The fourth-order valence-corrected chi connectivity index (χ4v) is 5.32. The number of esters is 1. The molecule has 172 valence electrons. The van der Waals surface area contributed by atoms with Gasteiger partial charge in [-0.25, -0.2) is 0 Å². The van der Waals surface area contributed by atoms with E-state index in [1.807, 2.05) is 25.1 Å². The van der Waals surface area contributed by atoms with Crippen molar-refractivity contribution in [2.24, 2.45) is 0 Å². The number of fused-ring (bicyclic) bond motifs is 2. The van der Waals surface area contributed by atoms with Gasteiger partial charge in [-0.15, -0.1) is 0 Å². The summed E-state index contributed by atoms with van der Waals surface area (Å²) in [7, 11) is 5.78. The summed E-state index contributed by atoms with van der Waals surface area (Å²) < 4.78 is 11.4. The molecule has 5 nitrogen and oxygen atoms in total. The summed E-state index contributed by atoms with van der Waals surface area (Å²) in [5, 5.41) is 0. The fraction of sp³-hybridized carbons (Fsp3) is 0.519. The Hall–Kier alpha value is -2.53. The minimum absolute atomic E-state index is 0.0148. The van der Waals surface area contributed by atoms with E-state index in [1.54, 1.807) is 7.11 Å². The highest BCUT2D eigenvalue weighted by Crippen LogP contribution is 2.36. The summed E-state index contributed by atoms with van der Waals surface area (Å²) in [6.45, 7) is 3.00. The van der Waals surface area contributed by atoms with Crippen LogP contribution in [0.4, 0.5) is 5.69 Å². The van der Waals surface area contributed by atoms with Crippen molar-refractivity contribution in [1.29, 1.82) is 0 Å². The van der Waals surface area contributed by atoms with Crippen molar-refractivity contribution in [2.75, 3.05) is 26.1 Å². The first kappa shape index (κ1) is 22.7. The van der Waals surface area contributed by atoms with Gasteiger partial charge >= 0.3 is 5.97 Å². The molecule has 32 heavy (non-hydrogen) atoms. The van der Waals surface area contributed by atoms with Crippen molar-refractivity contribution in [3.63, 3.8) is 0 Å². The Labute approximate surface area is 192 Å². The number of piperidine rings is 2. The summed E-state index contributed by atoms with van der Waals surface area (Å²) in [6, 6.07) is 15.8. The molecule has 0 aromatic heterocycles. The molecule has 2 atom stereocenters. The number of benzene rings is 2. The molecule has 0 aliphatic carbocycles. The first-order valence-electron chi connectivity index (χ1n) is 11.8. The molecule has 2 heterocycles.